The number of rotatable bonds is 5. The topological polar surface area (TPSA) is 166 Å². The summed E-state index contributed by atoms with van der Waals surface area (Å²) >= 11 is 0. The van der Waals surface area contributed by atoms with Crippen molar-refractivity contribution >= 4 is 35.4 Å². The molecular formula is C33H42N6O6. The van der Waals surface area contributed by atoms with Crippen LogP contribution in [0.1, 0.15) is 44.7 Å². The minimum absolute atomic E-state index is 0.123. The molecule has 0 unspecified atom stereocenters. The van der Waals surface area contributed by atoms with Crippen LogP contribution in [0.4, 0.5) is 0 Å². The standard InChI is InChI=1S/C33H42N6O6/c1-20(2)28-33(45)37-25(18-23-13-8-5-9-14-23)31(43)36-24(17-22-11-6-4-7-12-22)30(42)35-21(3)29(41)34-19-27(40)39-16-10-15-26(39)32(44)38-28/h4-9,11-14,20-21,24-26,28H,10,15-19H2,1-3H3,(H,34,41)(H,35,42)(H,36,43)(H,37,45)(H,38,44)/t21-,24-,25-,26-,28-/m0/s1. The van der Waals surface area contributed by atoms with Crippen LogP contribution >= 0.6 is 0 Å². The Labute approximate surface area is 263 Å². The van der Waals surface area contributed by atoms with Crippen molar-refractivity contribution in [1.29, 1.82) is 0 Å². The second-order valence-corrected chi connectivity index (χ2v) is 11.9. The molecule has 0 saturated carbocycles. The lowest BCUT2D eigenvalue weighted by molar-refractivity contribution is -0.140. The molecule has 0 radical (unpaired) electrons. The van der Waals surface area contributed by atoms with E-state index in [2.05, 4.69) is 26.6 Å². The highest BCUT2D eigenvalue weighted by Crippen LogP contribution is 2.18. The minimum Gasteiger partial charge on any atom is -0.345 e. The number of amides is 6. The van der Waals surface area contributed by atoms with Crippen molar-refractivity contribution in [2.75, 3.05) is 13.1 Å². The van der Waals surface area contributed by atoms with Crippen LogP contribution in [0.3, 0.4) is 0 Å². The number of benzene rings is 2. The molecule has 2 aliphatic rings. The molecule has 2 aromatic carbocycles. The van der Waals surface area contributed by atoms with E-state index in [9.17, 15) is 28.8 Å². The van der Waals surface area contributed by atoms with Gasteiger partial charge in [-0.1, -0.05) is 74.5 Å². The first kappa shape index (κ1) is 33.2. The molecule has 0 bridgehead atoms. The first-order valence-corrected chi connectivity index (χ1v) is 15.4. The van der Waals surface area contributed by atoms with Crippen LogP contribution in [0.15, 0.2) is 60.7 Å². The predicted molar refractivity (Wildman–Crippen MR) is 166 cm³/mol. The van der Waals surface area contributed by atoms with Gasteiger partial charge in [-0.15, -0.1) is 0 Å². The molecule has 2 aliphatic heterocycles. The normalized spacial score (nSPS) is 25.7. The summed E-state index contributed by atoms with van der Waals surface area (Å²) in [7, 11) is 0. The Kier molecular flexibility index (Phi) is 11.3. The summed E-state index contributed by atoms with van der Waals surface area (Å²) in [5.74, 6) is -3.60. The van der Waals surface area contributed by atoms with Gasteiger partial charge in [-0.3, -0.25) is 28.8 Å². The van der Waals surface area contributed by atoms with Gasteiger partial charge < -0.3 is 31.5 Å². The largest absolute Gasteiger partial charge is 0.345 e. The molecule has 12 heteroatoms. The van der Waals surface area contributed by atoms with Crippen molar-refractivity contribution in [3.8, 4) is 0 Å². The molecular weight excluding hydrogens is 576 g/mol. The Morgan fingerprint density at radius 1 is 0.689 bits per heavy atom. The number of nitrogens with one attached hydrogen (secondary N) is 5. The van der Waals surface area contributed by atoms with Crippen molar-refractivity contribution in [1.82, 2.24) is 31.5 Å². The zero-order chi connectivity index (χ0) is 32.5. The van der Waals surface area contributed by atoms with Gasteiger partial charge in [0.15, 0.2) is 0 Å². The Balaban J connectivity index is 1.68. The molecule has 0 spiro atoms. The summed E-state index contributed by atoms with van der Waals surface area (Å²) in [6, 6.07) is 13.2. The molecule has 12 nitrogen and oxygen atoms in total. The molecule has 2 saturated heterocycles. The maximum Gasteiger partial charge on any atom is 0.243 e. The van der Waals surface area contributed by atoms with E-state index >= 15 is 0 Å². The van der Waals surface area contributed by atoms with Crippen LogP contribution in [-0.2, 0) is 41.6 Å². The van der Waals surface area contributed by atoms with Crippen molar-refractivity contribution in [2.45, 2.75) is 76.7 Å². The first-order valence-electron chi connectivity index (χ1n) is 15.4. The van der Waals surface area contributed by atoms with Crippen LogP contribution in [0.5, 0.6) is 0 Å². The molecule has 240 valence electrons. The fourth-order valence-electron chi connectivity index (χ4n) is 5.57. The van der Waals surface area contributed by atoms with E-state index in [1.165, 1.54) is 11.8 Å². The molecule has 2 heterocycles. The fourth-order valence-corrected chi connectivity index (χ4v) is 5.57. The molecule has 4 rings (SSSR count). The second-order valence-electron chi connectivity index (χ2n) is 11.9. The van der Waals surface area contributed by atoms with Gasteiger partial charge in [0.05, 0.1) is 6.54 Å². The molecule has 2 fully saturated rings. The predicted octanol–water partition coefficient (Wildman–Crippen LogP) is 0.208. The average Bonchev–Trinajstić information content (AvgIpc) is 3.52. The number of hydrogen-bond donors (Lipinski definition) is 5. The summed E-state index contributed by atoms with van der Waals surface area (Å²) in [4.78, 5) is 81.8. The molecule has 0 aliphatic carbocycles. The van der Waals surface area contributed by atoms with E-state index in [1.54, 1.807) is 13.8 Å². The van der Waals surface area contributed by atoms with Crippen LogP contribution in [0.25, 0.3) is 0 Å². The van der Waals surface area contributed by atoms with Gasteiger partial charge >= 0.3 is 0 Å². The number of carbonyl (C=O) groups is 6. The van der Waals surface area contributed by atoms with E-state index in [4.69, 9.17) is 0 Å². The third kappa shape index (κ3) is 8.90. The van der Waals surface area contributed by atoms with Crippen molar-refractivity contribution in [3.05, 3.63) is 71.8 Å². The molecule has 2 aromatic rings. The SMILES string of the molecule is CC(C)[C@@H]1NC(=O)[C@@H]2CCCN2C(=O)CNC(=O)[C@H](C)NC(=O)[C@H](Cc2ccccc2)NC(=O)[C@H](Cc2ccccc2)NC1=O. The highest BCUT2D eigenvalue weighted by atomic mass is 16.2. The summed E-state index contributed by atoms with van der Waals surface area (Å²) in [6.45, 7) is 5.00. The quantitative estimate of drug-likeness (QED) is 0.321. The van der Waals surface area contributed by atoms with E-state index in [1.807, 2.05) is 60.7 Å². The smallest absolute Gasteiger partial charge is 0.243 e. The Morgan fingerprint density at radius 3 is 1.78 bits per heavy atom. The van der Waals surface area contributed by atoms with E-state index in [0.29, 0.717) is 19.4 Å². The van der Waals surface area contributed by atoms with Gasteiger partial charge in [0.25, 0.3) is 0 Å². The number of carbonyl (C=O) groups excluding carboxylic acids is 6. The maximum absolute atomic E-state index is 13.9. The zero-order valence-electron chi connectivity index (χ0n) is 25.9. The summed E-state index contributed by atoms with van der Waals surface area (Å²) < 4.78 is 0. The van der Waals surface area contributed by atoms with E-state index < -0.39 is 65.7 Å². The summed E-state index contributed by atoms with van der Waals surface area (Å²) in [5, 5.41) is 13.6. The van der Waals surface area contributed by atoms with Gasteiger partial charge in [0, 0.05) is 19.4 Å². The van der Waals surface area contributed by atoms with Crippen LogP contribution < -0.4 is 26.6 Å². The number of hydrogen-bond acceptors (Lipinski definition) is 6. The van der Waals surface area contributed by atoms with Crippen LogP contribution in [-0.4, -0.2) is 83.6 Å². The van der Waals surface area contributed by atoms with Gasteiger partial charge in [0.1, 0.15) is 30.2 Å². The summed E-state index contributed by atoms with van der Waals surface area (Å²) in [6.07, 6.45) is 1.25. The summed E-state index contributed by atoms with van der Waals surface area (Å²) in [5.41, 5.74) is 1.55. The lowest BCUT2D eigenvalue weighted by Crippen LogP contribution is -2.61. The zero-order valence-corrected chi connectivity index (χ0v) is 25.9. The van der Waals surface area contributed by atoms with Crippen molar-refractivity contribution in [3.63, 3.8) is 0 Å². The molecule has 5 atom stereocenters. The van der Waals surface area contributed by atoms with Crippen LogP contribution in [0, 0.1) is 5.92 Å². The van der Waals surface area contributed by atoms with E-state index in [0.717, 1.165) is 11.1 Å². The Hall–Kier alpha value is -4.74. The Morgan fingerprint density at radius 2 is 1.22 bits per heavy atom. The van der Waals surface area contributed by atoms with Gasteiger partial charge in [-0.2, -0.15) is 0 Å². The van der Waals surface area contributed by atoms with Crippen molar-refractivity contribution in [2.24, 2.45) is 5.92 Å². The lowest BCUT2D eigenvalue weighted by atomic mass is 9.99. The van der Waals surface area contributed by atoms with E-state index in [-0.39, 0.29) is 25.3 Å². The third-order valence-electron chi connectivity index (χ3n) is 8.12. The number of fused-ring (bicyclic) bond motifs is 1. The minimum atomic E-state index is -1.09. The van der Waals surface area contributed by atoms with Gasteiger partial charge in [-0.05, 0) is 36.8 Å². The molecule has 45 heavy (non-hydrogen) atoms. The highest BCUT2D eigenvalue weighted by molar-refractivity contribution is 5.97. The molecule has 6 amide bonds. The van der Waals surface area contributed by atoms with Gasteiger partial charge in [-0.25, -0.2) is 0 Å². The van der Waals surface area contributed by atoms with Crippen LogP contribution in [0.2, 0.25) is 0 Å². The fraction of sp³-hybridized carbons (Fsp3) is 0.455. The van der Waals surface area contributed by atoms with Crippen molar-refractivity contribution < 1.29 is 28.8 Å². The molecule has 0 aromatic heterocycles. The third-order valence-corrected chi connectivity index (χ3v) is 8.12. The monoisotopic (exact) mass is 618 g/mol. The maximum atomic E-state index is 13.9. The lowest BCUT2D eigenvalue weighted by Gasteiger charge is -2.30. The highest BCUT2D eigenvalue weighted by Gasteiger charge is 2.38. The number of nitrogens with zero attached hydrogens (tertiary/aromatic N) is 1. The average molecular weight is 619 g/mol. The molecule has 5 N–H and O–H groups in total. The Bertz CT molecular complexity index is 1380. The first-order chi connectivity index (χ1) is 21.5. The second kappa shape index (κ2) is 15.3. The van der Waals surface area contributed by atoms with Gasteiger partial charge in [0.2, 0.25) is 35.4 Å².